The first-order valence-corrected chi connectivity index (χ1v) is 7.37. The first-order valence-electron chi connectivity index (χ1n) is 7.37. The molecule has 0 N–H and O–H groups in total. The first kappa shape index (κ1) is 23.0. The molecule has 0 spiro atoms. The van der Waals surface area contributed by atoms with Crippen molar-refractivity contribution in [2.45, 2.75) is 18.4 Å². The topological polar surface area (TPSA) is 262 Å². The molecule has 0 heterocycles. The van der Waals surface area contributed by atoms with Crippen LogP contribution in [0.2, 0.25) is 0 Å². The van der Waals surface area contributed by atoms with Crippen molar-refractivity contribution >= 4 is 0 Å². The molecule has 1 rings (SSSR count). The van der Waals surface area contributed by atoms with Gasteiger partial charge >= 0.3 is 0 Å². The molecule has 0 aromatic rings. The second-order valence-corrected chi connectivity index (χ2v) is 5.71. The summed E-state index contributed by atoms with van der Waals surface area (Å²) in [6.45, 7) is -4.41. The van der Waals surface area contributed by atoms with Crippen LogP contribution in [0.4, 0.5) is 0 Å². The van der Waals surface area contributed by atoms with Gasteiger partial charge in [0.15, 0.2) is 5.60 Å². The van der Waals surface area contributed by atoms with Crippen molar-refractivity contribution in [2.24, 2.45) is 11.3 Å². The van der Waals surface area contributed by atoms with Crippen LogP contribution in [0.15, 0.2) is 0 Å². The quantitative estimate of drug-likeness (QED) is 0.240. The molecule has 1 saturated carbocycles. The molecule has 2 atom stereocenters. The van der Waals surface area contributed by atoms with Gasteiger partial charge < -0.3 is 24.2 Å². The Bertz CT molecular complexity index is 653. The Balaban J connectivity index is 3.47. The van der Waals surface area contributed by atoms with Crippen LogP contribution >= 0.6 is 0 Å². The molecule has 0 aromatic heterocycles. The summed E-state index contributed by atoms with van der Waals surface area (Å²) >= 11 is 0. The van der Waals surface area contributed by atoms with E-state index in [1.54, 1.807) is 0 Å². The van der Waals surface area contributed by atoms with E-state index in [1.165, 1.54) is 0 Å². The van der Waals surface area contributed by atoms with Gasteiger partial charge in [-0.3, -0.25) is 0 Å². The largest absolute Gasteiger partial charge is 0.314 e. The molecular formula is C9H13N5O15. The van der Waals surface area contributed by atoms with Crippen LogP contribution in [-0.2, 0) is 24.2 Å². The lowest BCUT2D eigenvalue weighted by Gasteiger charge is -2.44. The standard InChI is InChI=1S/C9H13N5O15/c15-10(16)25-3-7-1-2-9(29-14(23)24,6-28-13(21)22)8(7,4-26-11(17)18)5-27-12(19)20/h7H,1-6H2. The zero-order valence-electron chi connectivity index (χ0n) is 14.2. The SMILES string of the molecule is O=[N+]([O-])OCC1CCC(CO[N+](=O)[O-])(O[N+](=O)[O-])C1(CO[N+](=O)[O-])CO[N+](=O)[O-]. The molecule has 0 bridgehead atoms. The molecule has 164 valence electrons. The fourth-order valence-corrected chi connectivity index (χ4v) is 3.25. The zero-order chi connectivity index (χ0) is 22.2. The molecule has 1 aliphatic carbocycles. The maximum absolute atomic E-state index is 11.0. The van der Waals surface area contributed by atoms with Gasteiger partial charge in [0.05, 0.1) is 5.41 Å². The summed E-state index contributed by atoms with van der Waals surface area (Å²) in [7, 11) is 0. The van der Waals surface area contributed by atoms with E-state index in [-0.39, 0.29) is 6.42 Å². The van der Waals surface area contributed by atoms with Gasteiger partial charge in [-0.2, -0.15) is 0 Å². The van der Waals surface area contributed by atoms with Crippen molar-refractivity contribution in [3.05, 3.63) is 50.6 Å². The molecule has 2 unspecified atom stereocenters. The third kappa shape index (κ3) is 5.74. The van der Waals surface area contributed by atoms with Crippen molar-refractivity contribution in [1.82, 2.24) is 0 Å². The number of nitrogens with zero attached hydrogens (tertiary/aromatic N) is 5. The van der Waals surface area contributed by atoms with Gasteiger partial charge in [0.2, 0.25) is 0 Å². The summed E-state index contributed by atoms with van der Waals surface area (Å²) in [6.07, 6.45) is -0.749. The van der Waals surface area contributed by atoms with Crippen LogP contribution in [0, 0.1) is 61.9 Å². The van der Waals surface area contributed by atoms with Crippen molar-refractivity contribution in [1.29, 1.82) is 0 Å². The molecule has 1 fully saturated rings. The lowest BCUT2D eigenvalue weighted by atomic mass is 9.70. The van der Waals surface area contributed by atoms with Crippen LogP contribution in [0.5, 0.6) is 0 Å². The van der Waals surface area contributed by atoms with Gasteiger partial charge in [0.1, 0.15) is 26.4 Å². The lowest BCUT2D eigenvalue weighted by Crippen LogP contribution is -2.59. The summed E-state index contributed by atoms with van der Waals surface area (Å²) in [4.78, 5) is 74.7. The monoisotopic (exact) mass is 431 g/mol. The zero-order valence-corrected chi connectivity index (χ0v) is 14.2. The molecule has 0 radical (unpaired) electrons. The first-order chi connectivity index (χ1) is 13.4. The summed E-state index contributed by atoms with van der Waals surface area (Å²) in [5.74, 6) is -1.29. The van der Waals surface area contributed by atoms with Gasteiger partial charge in [-0.05, 0) is 18.8 Å². The summed E-state index contributed by atoms with van der Waals surface area (Å²) in [5, 5.41) is 46.8. The normalized spacial score (nSPS) is 22.1. The van der Waals surface area contributed by atoms with E-state index in [4.69, 9.17) is 0 Å². The van der Waals surface area contributed by atoms with E-state index < -0.39 is 75.2 Å². The smallest absolute Gasteiger partial charge is 0.295 e. The molecule has 20 nitrogen and oxygen atoms in total. The minimum Gasteiger partial charge on any atom is -0.314 e. The minimum absolute atomic E-state index is 0.259. The minimum atomic E-state index is -2.43. The Kier molecular flexibility index (Phi) is 7.37. The average molecular weight is 431 g/mol. The Morgan fingerprint density at radius 2 is 1.14 bits per heavy atom. The van der Waals surface area contributed by atoms with Crippen LogP contribution < -0.4 is 0 Å². The van der Waals surface area contributed by atoms with E-state index in [0.717, 1.165) is 0 Å². The van der Waals surface area contributed by atoms with Gasteiger partial charge in [-0.25, -0.2) is 0 Å². The molecule has 29 heavy (non-hydrogen) atoms. The van der Waals surface area contributed by atoms with Crippen molar-refractivity contribution in [3.63, 3.8) is 0 Å². The highest BCUT2D eigenvalue weighted by Crippen LogP contribution is 2.53. The van der Waals surface area contributed by atoms with E-state index in [2.05, 4.69) is 24.2 Å². The van der Waals surface area contributed by atoms with Gasteiger partial charge in [-0.1, -0.05) is 0 Å². The Labute approximate surface area is 157 Å². The van der Waals surface area contributed by atoms with Crippen LogP contribution in [-0.4, -0.2) is 57.5 Å². The Morgan fingerprint density at radius 1 is 0.690 bits per heavy atom. The van der Waals surface area contributed by atoms with E-state index >= 15 is 0 Å². The second-order valence-electron chi connectivity index (χ2n) is 5.71. The fraction of sp³-hybridized carbons (Fsp3) is 1.00. The van der Waals surface area contributed by atoms with Gasteiger partial charge in [0, 0.05) is 0 Å². The maximum atomic E-state index is 11.0. The van der Waals surface area contributed by atoms with Gasteiger partial charge in [-0.15, -0.1) is 50.6 Å². The van der Waals surface area contributed by atoms with Crippen molar-refractivity contribution in [3.8, 4) is 0 Å². The average Bonchev–Trinajstić information content (AvgIpc) is 2.88. The van der Waals surface area contributed by atoms with Crippen LogP contribution in [0.25, 0.3) is 0 Å². The van der Waals surface area contributed by atoms with Crippen LogP contribution in [0.1, 0.15) is 12.8 Å². The Hall–Kier alpha value is -4.00. The molecule has 20 heteroatoms. The van der Waals surface area contributed by atoms with Crippen LogP contribution in [0.3, 0.4) is 0 Å². The molecule has 0 saturated heterocycles. The third-order valence-electron chi connectivity index (χ3n) is 4.47. The lowest BCUT2D eigenvalue weighted by molar-refractivity contribution is -0.814. The fourth-order valence-electron chi connectivity index (χ4n) is 3.25. The van der Waals surface area contributed by atoms with E-state index in [9.17, 15) is 50.6 Å². The second kappa shape index (κ2) is 9.27. The highest BCUT2D eigenvalue weighted by atomic mass is 17.0. The highest BCUT2D eigenvalue weighted by Gasteiger charge is 2.65. The summed E-state index contributed by atoms with van der Waals surface area (Å²) in [6, 6.07) is 0. The molecule has 1 aliphatic rings. The van der Waals surface area contributed by atoms with Crippen molar-refractivity contribution < 1.29 is 49.6 Å². The van der Waals surface area contributed by atoms with Crippen molar-refractivity contribution in [2.75, 3.05) is 26.4 Å². The molecule has 0 aliphatic heterocycles. The number of hydrogen-bond acceptors (Lipinski definition) is 15. The number of hydrogen-bond donors (Lipinski definition) is 0. The predicted octanol–water partition coefficient (Wildman–Crippen LogP) is -0.837. The predicted molar refractivity (Wildman–Crippen MR) is 77.8 cm³/mol. The summed E-state index contributed by atoms with van der Waals surface area (Å²) < 4.78 is 0. The Morgan fingerprint density at radius 3 is 1.55 bits per heavy atom. The third-order valence-corrected chi connectivity index (χ3v) is 4.47. The molecular weight excluding hydrogens is 418 g/mol. The number of rotatable bonds is 14. The molecule has 0 aromatic carbocycles. The van der Waals surface area contributed by atoms with E-state index in [1.807, 2.05) is 0 Å². The van der Waals surface area contributed by atoms with Gasteiger partial charge in [0.25, 0.3) is 25.4 Å². The van der Waals surface area contributed by atoms with E-state index in [0.29, 0.717) is 0 Å². The summed E-state index contributed by atoms with van der Waals surface area (Å²) in [5.41, 5.74) is -4.69. The highest BCUT2D eigenvalue weighted by molar-refractivity contribution is 5.09. The molecule has 0 amide bonds. The maximum Gasteiger partial charge on any atom is 0.295 e.